The van der Waals surface area contributed by atoms with Gasteiger partial charge in [-0.05, 0) is 37.3 Å². The minimum atomic E-state index is -0.657. The number of nitrogens with one attached hydrogen (secondary N) is 1. The number of hydrogen-bond acceptors (Lipinski definition) is 5. The van der Waals surface area contributed by atoms with E-state index in [9.17, 15) is 13.6 Å². The zero-order valence-electron chi connectivity index (χ0n) is 15.8. The number of nitrogens with zero attached hydrogens (tertiary/aromatic N) is 3. The maximum atomic E-state index is 13.9. The lowest BCUT2D eigenvalue weighted by Gasteiger charge is -2.34. The van der Waals surface area contributed by atoms with Gasteiger partial charge in [0, 0.05) is 37.9 Å². The van der Waals surface area contributed by atoms with Crippen LogP contribution in [-0.4, -0.2) is 48.7 Å². The van der Waals surface area contributed by atoms with Crippen molar-refractivity contribution in [3.8, 4) is 5.75 Å². The fourth-order valence-corrected chi connectivity index (χ4v) is 4.24. The van der Waals surface area contributed by atoms with Crippen LogP contribution in [0.15, 0.2) is 36.4 Å². The molecule has 4 rings (SSSR count). The molecule has 0 atom stereocenters. The van der Waals surface area contributed by atoms with Gasteiger partial charge in [0.15, 0.2) is 10.9 Å². The number of fused-ring (bicyclic) bond motifs is 1. The van der Waals surface area contributed by atoms with Gasteiger partial charge in [-0.15, -0.1) is 0 Å². The number of urea groups is 1. The van der Waals surface area contributed by atoms with E-state index in [1.165, 1.54) is 17.4 Å². The lowest BCUT2D eigenvalue weighted by Crippen LogP contribution is -2.50. The Hall–Kier alpha value is -2.94. The Morgan fingerprint density at radius 3 is 2.59 bits per heavy atom. The maximum absolute atomic E-state index is 13.9. The monoisotopic (exact) mass is 418 g/mol. The van der Waals surface area contributed by atoms with Gasteiger partial charge in [0.05, 0.1) is 11.3 Å². The molecule has 0 bridgehead atoms. The van der Waals surface area contributed by atoms with Crippen LogP contribution in [0.5, 0.6) is 5.75 Å². The summed E-state index contributed by atoms with van der Waals surface area (Å²) in [6.45, 7) is 4.66. The van der Waals surface area contributed by atoms with E-state index in [2.05, 4.69) is 10.3 Å². The van der Waals surface area contributed by atoms with Gasteiger partial charge in [-0.3, -0.25) is 0 Å². The van der Waals surface area contributed by atoms with Crippen LogP contribution in [0.1, 0.15) is 6.92 Å². The number of rotatable bonds is 4. The Morgan fingerprint density at radius 2 is 1.90 bits per heavy atom. The molecule has 1 aliphatic rings. The number of thiazole rings is 1. The molecule has 9 heteroatoms. The first kappa shape index (κ1) is 19.4. The van der Waals surface area contributed by atoms with Crippen molar-refractivity contribution in [1.29, 1.82) is 0 Å². The summed E-state index contributed by atoms with van der Waals surface area (Å²) in [6, 6.07) is 9.18. The van der Waals surface area contributed by atoms with Gasteiger partial charge in [0.25, 0.3) is 0 Å². The van der Waals surface area contributed by atoms with Crippen LogP contribution >= 0.6 is 11.3 Å². The number of carbonyl (C=O) groups is 1. The molecule has 0 saturated carbocycles. The van der Waals surface area contributed by atoms with Gasteiger partial charge in [-0.25, -0.2) is 18.6 Å². The number of aromatic nitrogens is 1. The molecule has 6 nitrogen and oxygen atoms in total. The van der Waals surface area contributed by atoms with Crippen molar-refractivity contribution in [3.05, 3.63) is 48.0 Å². The van der Waals surface area contributed by atoms with E-state index in [0.717, 1.165) is 11.8 Å². The zero-order valence-corrected chi connectivity index (χ0v) is 16.6. The second-order valence-electron chi connectivity index (χ2n) is 6.59. The molecule has 0 aliphatic carbocycles. The second-order valence-corrected chi connectivity index (χ2v) is 7.60. The fraction of sp³-hybridized carbons (Fsp3) is 0.300. The molecule has 1 fully saturated rings. The van der Waals surface area contributed by atoms with Crippen LogP contribution in [0, 0.1) is 11.6 Å². The number of anilines is 2. The summed E-state index contributed by atoms with van der Waals surface area (Å²) >= 11 is 1.25. The van der Waals surface area contributed by atoms with E-state index in [4.69, 9.17) is 4.74 Å². The third-order valence-electron chi connectivity index (χ3n) is 4.66. The standard InChI is InChI=1S/C20H20F2N4O2S/c1-2-28-15-5-3-14(4-6-15)23-19(27)25-7-9-26(10-8-25)20-24-18-16(22)11-13(21)12-17(18)29-20/h3-6,11-12H,2,7-10H2,1H3,(H,23,27). The first-order chi connectivity index (χ1) is 14.0. The first-order valence-electron chi connectivity index (χ1n) is 9.33. The van der Waals surface area contributed by atoms with Gasteiger partial charge in [-0.2, -0.15) is 0 Å². The van der Waals surface area contributed by atoms with Gasteiger partial charge < -0.3 is 19.9 Å². The van der Waals surface area contributed by atoms with Crippen LogP contribution < -0.4 is 15.0 Å². The molecule has 1 aliphatic heterocycles. The van der Waals surface area contributed by atoms with Crippen molar-refractivity contribution < 1.29 is 18.3 Å². The summed E-state index contributed by atoms with van der Waals surface area (Å²) < 4.78 is 33.2. The van der Waals surface area contributed by atoms with Gasteiger partial charge >= 0.3 is 6.03 Å². The number of carbonyl (C=O) groups excluding carboxylic acids is 1. The molecule has 29 heavy (non-hydrogen) atoms. The predicted molar refractivity (Wildman–Crippen MR) is 110 cm³/mol. The van der Waals surface area contributed by atoms with Crippen molar-refractivity contribution in [2.24, 2.45) is 0 Å². The van der Waals surface area contributed by atoms with E-state index in [-0.39, 0.29) is 11.5 Å². The van der Waals surface area contributed by atoms with Gasteiger partial charge in [-0.1, -0.05) is 11.3 Å². The van der Waals surface area contributed by atoms with Crippen LogP contribution in [0.25, 0.3) is 10.2 Å². The molecule has 1 saturated heterocycles. The topological polar surface area (TPSA) is 57.7 Å². The van der Waals surface area contributed by atoms with Crippen molar-refractivity contribution >= 4 is 38.4 Å². The smallest absolute Gasteiger partial charge is 0.321 e. The van der Waals surface area contributed by atoms with Crippen molar-refractivity contribution in [2.75, 3.05) is 43.0 Å². The highest BCUT2D eigenvalue weighted by atomic mass is 32.1. The highest BCUT2D eigenvalue weighted by Crippen LogP contribution is 2.31. The molecular formula is C20H20F2N4O2S. The molecule has 0 spiro atoms. The maximum Gasteiger partial charge on any atom is 0.321 e. The summed E-state index contributed by atoms with van der Waals surface area (Å²) in [5, 5.41) is 3.51. The molecule has 1 N–H and O–H groups in total. The molecule has 152 valence electrons. The average molecular weight is 418 g/mol. The Kier molecular flexibility index (Phi) is 5.48. The van der Waals surface area contributed by atoms with Gasteiger partial charge in [0.2, 0.25) is 0 Å². The molecule has 0 unspecified atom stereocenters. The Morgan fingerprint density at radius 1 is 1.17 bits per heavy atom. The lowest BCUT2D eigenvalue weighted by molar-refractivity contribution is 0.208. The second kappa shape index (κ2) is 8.20. The van der Waals surface area contributed by atoms with Crippen LogP contribution in [-0.2, 0) is 0 Å². The minimum Gasteiger partial charge on any atom is -0.494 e. The number of halogens is 2. The molecule has 1 aromatic heterocycles. The summed E-state index contributed by atoms with van der Waals surface area (Å²) in [5.74, 6) is -0.511. The zero-order chi connectivity index (χ0) is 20.4. The van der Waals surface area contributed by atoms with Crippen LogP contribution in [0.3, 0.4) is 0 Å². The lowest BCUT2D eigenvalue weighted by atomic mass is 10.3. The summed E-state index contributed by atoms with van der Waals surface area (Å²) in [7, 11) is 0. The number of piperazine rings is 1. The quantitative estimate of drug-likeness (QED) is 0.685. The third kappa shape index (κ3) is 4.24. The van der Waals surface area contributed by atoms with E-state index in [1.807, 2.05) is 24.0 Å². The average Bonchev–Trinajstić information content (AvgIpc) is 3.14. The van der Waals surface area contributed by atoms with Crippen LogP contribution in [0.2, 0.25) is 0 Å². The van der Waals surface area contributed by atoms with Crippen LogP contribution in [0.4, 0.5) is 24.4 Å². The van der Waals surface area contributed by atoms with Gasteiger partial charge in [0.1, 0.15) is 17.1 Å². The van der Waals surface area contributed by atoms with E-state index >= 15 is 0 Å². The molecule has 2 aromatic carbocycles. The Bertz CT molecular complexity index is 1020. The predicted octanol–water partition coefficient (Wildman–Crippen LogP) is 4.33. The fourth-order valence-electron chi connectivity index (χ4n) is 3.19. The summed E-state index contributed by atoms with van der Waals surface area (Å²) in [5.41, 5.74) is 0.881. The molecule has 3 aromatic rings. The number of ether oxygens (including phenoxy) is 1. The SMILES string of the molecule is CCOc1ccc(NC(=O)N2CCN(c3nc4c(F)cc(F)cc4s3)CC2)cc1. The summed E-state index contributed by atoms with van der Waals surface area (Å²) in [4.78, 5) is 20.5. The molecule has 2 amide bonds. The number of amides is 2. The first-order valence-corrected chi connectivity index (χ1v) is 10.1. The minimum absolute atomic E-state index is 0.175. The van der Waals surface area contributed by atoms with Crippen molar-refractivity contribution in [1.82, 2.24) is 9.88 Å². The van der Waals surface area contributed by atoms with E-state index in [0.29, 0.717) is 48.3 Å². The van der Waals surface area contributed by atoms with E-state index in [1.54, 1.807) is 17.0 Å². The summed E-state index contributed by atoms with van der Waals surface area (Å²) in [6.07, 6.45) is 0. The Labute approximate surface area is 170 Å². The van der Waals surface area contributed by atoms with Crippen molar-refractivity contribution in [2.45, 2.75) is 6.92 Å². The third-order valence-corrected chi connectivity index (χ3v) is 5.72. The highest BCUT2D eigenvalue weighted by Gasteiger charge is 2.24. The van der Waals surface area contributed by atoms with E-state index < -0.39 is 11.6 Å². The molecular weight excluding hydrogens is 398 g/mol. The number of benzene rings is 2. The number of hydrogen-bond donors (Lipinski definition) is 1. The molecule has 0 radical (unpaired) electrons. The highest BCUT2D eigenvalue weighted by molar-refractivity contribution is 7.22. The molecule has 2 heterocycles. The largest absolute Gasteiger partial charge is 0.494 e. The van der Waals surface area contributed by atoms with Crippen molar-refractivity contribution in [3.63, 3.8) is 0 Å². The Balaban J connectivity index is 1.36. The normalized spacial score (nSPS) is 14.3.